The van der Waals surface area contributed by atoms with Gasteiger partial charge in [-0.15, -0.1) is 0 Å². The van der Waals surface area contributed by atoms with E-state index in [4.69, 9.17) is 0 Å². The Labute approximate surface area is 57.9 Å². The Balaban J connectivity index is 3.55. The Morgan fingerprint density at radius 1 is 1.70 bits per heavy atom. The van der Waals surface area contributed by atoms with E-state index < -0.39 is 0 Å². The van der Waals surface area contributed by atoms with E-state index in [0.29, 0.717) is 6.41 Å². The van der Waals surface area contributed by atoms with Crippen LogP contribution >= 0.6 is 0 Å². The molecule has 0 saturated carbocycles. The molecule has 0 aliphatic carbocycles. The summed E-state index contributed by atoms with van der Waals surface area (Å²) in [4.78, 5) is 20.0. The zero-order chi connectivity index (χ0) is 7.98. The summed E-state index contributed by atoms with van der Waals surface area (Å²) in [6.07, 6.45) is 0.464. The average Bonchev–Trinajstić information content (AvgIpc) is 1.87. The first kappa shape index (κ1) is 8.54. The molecular formula is C4H8N4O2. The van der Waals surface area contributed by atoms with Crippen LogP contribution in [0, 0.1) is 0 Å². The summed E-state index contributed by atoms with van der Waals surface area (Å²) in [7, 11) is 1.40. The molecule has 0 spiro atoms. The number of hydrogen-bond donors (Lipinski definition) is 1. The molecule has 0 unspecified atom stereocenters. The zero-order valence-electron chi connectivity index (χ0n) is 5.74. The van der Waals surface area contributed by atoms with E-state index in [2.05, 4.69) is 10.4 Å². The van der Waals surface area contributed by atoms with Gasteiger partial charge in [0, 0.05) is 14.0 Å². The SMILES string of the molecule is CC(=O)NN=NN(C)C=O. The minimum Gasteiger partial charge on any atom is -0.277 e. The molecule has 0 heterocycles. The molecule has 0 aromatic rings. The van der Waals surface area contributed by atoms with Crippen LogP contribution in [0.5, 0.6) is 0 Å². The molecule has 0 aromatic carbocycles. The molecule has 0 atom stereocenters. The topological polar surface area (TPSA) is 74.1 Å². The Morgan fingerprint density at radius 2 is 2.30 bits per heavy atom. The standard InChI is InChI=1S/C4H8N4O2/c1-4(10)5-6-7-8(2)3-9/h3H,1-2H3,(H,5,7,10). The second-order valence-corrected chi connectivity index (χ2v) is 1.54. The molecule has 56 valence electrons. The van der Waals surface area contributed by atoms with Crippen molar-refractivity contribution in [3.8, 4) is 0 Å². The van der Waals surface area contributed by atoms with Crippen molar-refractivity contribution < 1.29 is 9.59 Å². The van der Waals surface area contributed by atoms with Gasteiger partial charge in [0.1, 0.15) is 0 Å². The molecule has 2 amide bonds. The molecule has 0 bridgehead atoms. The second-order valence-electron chi connectivity index (χ2n) is 1.54. The quantitative estimate of drug-likeness (QED) is 0.329. The van der Waals surface area contributed by atoms with Gasteiger partial charge in [-0.05, 0) is 10.4 Å². The predicted molar refractivity (Wildman–Crippen MR) is 32.5 cm³/mol. The van der Waals surface area contributed by atoms with Gasteiger partial charge in [0.2, 0.25) is 12.3 Å². The summed E-state index contributed by atoms with van der Waals surface area (Å²) in [5, 5.41) is 7.33. The highest BCUT2D eigenvalue weighted by Crippen LogP contribution is 1.75. The molecule has 0 radical (unpaired) electrons. The first-order valence-corrected chi connectivity index (χ1v) is 2.52. The van der Waals surface area contributed by atoms with Crippen molar-refractivity contribution >= 4 is 12.3 Å². The number of carbonyl (C=O) groups excluding carboxylic acids is 2. The number of amides is 2. The lowest BCUT2D eigenvalue weighted by Crippen LogP contribution is -2.14. The molecule has 0 rings (SSSR count). The number of rotatable bonds is 3. The fourth-order valence-electron chi connectivity index (χ4n) is 0.184. The Kier molecular flexibility index (Phi) is 3.78. The summed E-state index contributed by atoms with van der Waals surface area (Å²) in [5.74, 6) is -0.331. The highest BCUT2D eigenvalue weighted by molar-refractivity contribution is 5.72. The van der Waals surface area contributed by atoms with Gasteiger partial charge < -0.3 is 0 Å². The first-order chi connectivity index (χ1) is 4.66. The lowest BCUT2D eigenvalue weighted by Gasteiger charge is -1.96. The van der Waals surface area contributed by atoms with Crippen molar-refractivity contribution in [2.75, 3.05) is 7.05 Å². The van der Waals surface area contributed by atoms with E-state index in [1.807, 2.05) is 5.43 Å². The van der Waals surface area contributed by atoms with Crippen LogP contribution in [0.2, 0.25) is 0 Å². The molecule has 1 N–H and O–H groups in total. The van der Waals surface area contributed by atoms with Crippen molar-refractivity contribution in [1.82, 2.24) is 10.4 Å². The number of carbonyl (C=O) groups is 2. The third kappa shape index (κ3) is 4.69. The van der Waals surface area contributed by atoms with Gasteiger partial charge in [0.05, 0.1) is 0 Å². The highest BCUT2D eigenvalue weighted by Gasteiger charge is 1.86. The second kappa shape index (κ2) is 4.42. The molecule has 0 aliphatic rings. The number of hydrogen-bond acceptors (Lipinski definition) is 4. The van der Waals surface area contributed by atoms with Gasteiger partial charge in [-0.25, -0.2) is 10.4 Å². The number of nitrogens with zero attached hydrogens (tertiary/aromatic N) is 3. The molecule has 0 aliphatic heterocycles. The van der Waals surface area contributed by atoms with Crippen LogP contribution in [0.1, 0.15) is 6.92 Å². The summed E-state index contributed by atoms with van der Waals surface area (Å²) in [5.41, 5.74) is 2.03. The van der Waals surface area contributed by atoms with Crippen molar-refractivity contribution in [1.29, 1.82) is 0 Å². The maximum Gasteiger partial charge on any atom is 0.238 e. The van der Waals surface area contributed by atoms with E-state index in [0.717, 1.165) is 5.01 Å². The van der Waals surface area contributed by atoms with Gasteiger partial charge in [-0.3, -0.25) is 9.59 Å². The minimum atomic E-state index is -0.331. The Morgan fingerprint density at radius 3 is 2.70 bits per heavy atom. The molecule has 0 saturated heterocycles. The maximum absolute atomic E-state index is 10.1. The van der Waals surface area contributed by atoms with Crippen LogP contribution in [0.3, 0.4) is 0 Å². The third-order valence-electron chi connectivity index (χ3n) is 0.546. The first-order valence-electron chi connectivity index (χ1n) is 2.52. The highest BCUT2D eigenvalue weighted by atomic mass is 16.2. The van der Waals surface area contributed by atoms with Gasteiger partial charge in [-0.1, -0.05) is 0 Å². The minimum absolute atomic E-state index is 0.331. The largest absolute Gasteiger partial charge is 0.277 e. The molecule has 10 heavy (non-hydrogen) atoms. The molecule has 6 nitrogen and oxygen atoms in total. The lowest BCUT2D eigenvalue weighted by molar-refractivity contribution is -0.120. The lowest BCUT2D eigenvalue weighted by atomic mass is 10.8. The average molecular weight is 144 g/mol. The fourth-order valence-corrected chi connectivity index (χ4v) is 0.184. The summed E-state index contributed by atoms with van der Waals surface area (Å²) in [6.45, 7) is 1.29. The summed E-state index contributed by atoms with van der Waals surface area (Å²) < 4.78 is 0. The van der Waals surface area contributed by atoms with Crippen LogP contribution in [-0.2, 0) is 9.59 Å². The van der Waals surface area contributed by atoms with Crippen LogP contribution in [-0.4, -0.2) is 24.4 Å². The zero-order valence-corrected chi connectivity index (χ0v) is 5.74. The predicted octanol–water partition coefficient (Wildman–Crippen LogP) is -0.507. The van der Waals surface area contributed by atoms with Crippen molar-refractivity contribution in [3.05, 3.63) is 0 Å². The maximum atomic E-state index is 10.1. The van der Waals surface area contributed by atoms with E-state index in [1.165, 1.54) is 14.0 Å². The molecule has 0 aromatic heterocycles. The van der Waals surface area contributed by atoms with Crippen LogP contribution in [0.15, 0.2) is 10.4 Å². The van der Waals surface area contributed by atoms with E-state index >= 15 is 0 Å². The van der Waals surface area contributed by atoms with Crippen LogP contribution < -0.4 is 5.43 Å². The third-order valence-corrected chi connectivity index (χ3v) is 0.546. The smallest absolute Gasteiger partial charge is 0.238 e. The van der Waals surface area contributed by atoms with Crippen LogP contribution in [0.25, 0.3) is 0 Å². The van der Waals surface area contributed by atoms with Gasteiger partial charge in [0.15, 0.2) is 0 Å². The van der Waals surface area contributed by atoms with Gasteiger partial charge >= 0.3 is 0 Å². The van der Waals surface area contributed by atoms with Crippen molar-refractivity contribution in [2.45, 2.75) is 6.92 Å². The van der Waals surface area contributed by atoms with E-state index in [9.17, 15) is 9.59 Å². The molecule has 6 heteroatoms. The number of nitrogens with one attached hydrogen (secondary N) is 1. The summed E-state index contributed by atoms with van der Waals surface area (Å²) in [6, 6.07) is 0. The summed E-state index contributed by atoms with van der Waals surface area (Å²) >= 11 is 0. The van der Waals surface area contributed by atoms with Crippen molar-refractivity contribution in [2.24, 2.45) is 10.4 Å². The van der Waals surface area contributed by atoms with E-state index in [-0.39, 0.29) is 5.91 Å². The van der Waals surface area contributed by atoms with Gasteiger partial charge in [-0.2, -0.15) is 0 Å². The monoisotopic (exact) mass is 144 g/mol. The van der Waals surface area contributed by atoms with E-state index in [1.54, 1.807) is 0 Å². The van der Waals surface area contributed by atoms with Crippen molar-refractivity contribution in [3.63, 3.8) is 0 Å². The molecular weight excluding hydrogens is 136 g/mol. The van der Waals surface area contributed by atoms with Crippen LogP contribution in [0.4, 0.5) is 0 Å². The fraction of sp³-hybridized carbons (Fsp3) is 0.500. The Hall–Kier alpha value is -1.46. The van der Waals surface area contributed by atoms with Gasteiger partial charge in [0.25, 0.3) is 0 Å². The normalized spacial score (nSPS) is 9.40. The Bertz CT molecular complexity index is 155. The molecule has 0 fully saturated rings.